The highest BCUT2D eigenvalue weighted by Gasteiger charge is 2.30. The van der Waals surface area contributed by atoms with Gasteiger partial charge in [0.05, 0.1) is 33.8 Å². The van der Waals surface area contributed by atoms with E-state index >= 15 is 0 Å². The SMILES string of the molecule is CC/C=C\C/C=C\C/C=C\C/C=C\C/C=C\C/C=C\CCC(=O)OC(/C=C/CCCCCCCCCCCCC)C(COP(=O)(O)OCC[N+](C)(C)C)NC(=O)CCCCCC/C=C\C/C=C\C/C=C\CCCCC. The van der Waals surface area contributed by atoms with Crippen LogP contribution >= 0.6 is 7.82 Å². The Morgan fingerprint density at radius 2 is 0.867 bits per heavy atom. The molecule has 428 valence electrons. The standard InChI is InChI=1S/C65H111N2O7P/c1-7-10-13-16-19-22-25-28-30-32-33-35-37-40-43-46-49-52-55-58-65(69)74-63(56-53-50-47-44-41-38-27-24-21-18-15-12-9-3)62(61-73-75(70,71)72-60-59-67(4,5)6)66-64(68)57-54-51-48-45-42-39-36-34-31-29-26-23-20-17-14-11-8-2/h10,13,19-20,22-23,28-31,33,35-36,39-40,43,49,52-53,56,62-63H,7-9,11-12,14-18,21,24-27,32,34,37-38,41-42,44-48,50-51,54-55,57-61H2,1-6H3,(H-,66,68,70,71)/p+1/b13-10-,22-19-,23-20-,30-28-,31-29-,35-33-,39-36-,43-40-,52-49-,56-53+. The number of carbonyl (C=O) groups is 2. The third kappa shape index (κ3) is 55.0. The Hall–Kier alpha value is -3.59. The summed E-state index contributed by atoms with van der Waals surface area (Å²) >= 11 is 0. The van der Waals surface area contributed by atoms with Crippen LogP contribution in [-0.2, 0) is 27.9 Å². The van der Waals surface area contributed by atoms with Gasteiger partial charge in [-0.2, -0.15) is 0 Å². The first-order chi connectivity index (χ1) is 36.4. The van der Waals surface area contributed by atoms with Gasteiger partial charge in [-0.3, -0.25) is 18.6 Å². The molecule has 75 heavy (non-hydrogen) atoms. The first-order valence-electron chi connectivity index (χ1n) is 29.9. The lowest BCUT2D eigenvalue weighted by Gasteiger charge is -2.27. The molecule has 1 amide bonds. The van der Waals surface area contributed by atoms with Gasteiger partial charge in [-0.25, -0.2) is 4.57 Å². The Balaban J connectivity index is 5.51. The van der Waals surface area contributed by atoms with E-state index in [0.29, 0.717) is 23.9 Å². The maximum absolute atomic E-state index is 13.5. The van der Waals surface area contributed by atoms with Gasteiger partial charge < -0.3 is 19.4 Å². The van der Waals surface area contributed by atoms with Gasteiger partial charge in [0, 0.05) is 12.8 Å². The van der Waals surface area contributed by atoms with Gasteiger partial charge >= 0.3 is 13.8 Å². The van der Waals surface area contributed by atoms with Crippen molar-refractivity contribution >= 4 is 19.7 Å². The molecule has 0 aliphatic carbocycles. The summed E-state index contributed by atoms with van der Waals surface area (Å²) in [6.45, 7) is 6.78. The molecule has 0 fully saturated rings. The molecule has 0 aromatic heterocycles. The molecular weight excluding hydrogens is 952 g/mol. The number of phosphoric ester groups is 1. The second-order valence-electron chi connectivity index (χ2n) is 20.8. The van der Waals surface area contributed by atoms with Gasteiger partial charge in [0.25, 0.3) is 0 Å². The second kappa shape index (κ2) is 53.8. The largest absolute Gasteiger partial charge is 0.472 e. The van der Waals surface area contributed by atoms with Crippen LogP contribution in [-0.4, -0.2) is 74.3 Å². The summed E-state index contributed by atoms with van der Waals surface area (Å²) in [5.41, 5.74) is 0. The van der Waals surface area contributed by atoms with E-state index in [9.17, 15) is 19.0 Å². The fraction of sp³-hybridized carbons (Fsp3) is 0.662. The van der Waals surface area contributed by atoms with Crippen LogP contribution in [0.5, 0.6) is 0 Å². The molecule has 0 spiro atoms. The zero-order valence-corrected chi connectivity index (χ0v) is 49.6. The lowest BCUT2D eigenvalue weighted by atomic mass is 10.0. The van der Waals surface area contributed by atoms with Gasteiger partial charge in [-0.15, -0.1) is 0 Å². The number of nitrogens with zero attached hydrogens (tertiary/aromatic N) is 1. The third-order valence-corrected chi connectivity index (χ3v) is 13.4. The fourth-order valence-electron chi connectivity index (χ4n) is 7.79. The highest BCUT2D eigenvalue weighted by atomic mass is 31.2. The molecule has 0 aromatic carbocycles. The summed E-state index contributed by atoms with van der Waals surface area (Å²) in [5.74, 6) is -0.637. The number of quaternary nitrogens is 1. The van der Waals surface area contributed by atoms with Crippen molar-refractivity contribution in [1.29, 1.82) is 0 Å². The second-order valence-corrected chi connectivity index (χ2v) is 22.2. The van der Waals surface area contributed by atoms with Crippen LogP contribution in [0.3, 0.4) is 0 Å². The van der Waals surface area contributed by atoms with E-state index in [2.05, 4.69) is 123 Å². The normalized spacial score (nSPS) is 14.6. The number of hydrogen-bond donors (Lipinski definition) is 2. The molecule has 0 radical (unpaired) electrons. The first-order valence-corrected chi connectivity index (χ1v) is 31.4. The number of carbonyl (C=O) groups excluding carboxylic acids is 2. The minimum atomic E-state index is -4.48. The Morgan fingerprint density at radius 1 is 0.480 bits per heavy atom. The van der Waals surface area contributed by atoms with Crippen molar-refractivity contribution in [3.8, 4) is 0 Å². The monoisotopic (exact) mass is 1060 g/mol. The molecule has 0 aromatic rings. The van der Waals surface area contributed by atoms with Crippen molar-refractivity contribution in [3.05, 3.63) is 122 Å². The molecule has 0 aliphatic heterocycles. The number of hydrogen-bond acceptors (Lipinski definition) is 6. The van der Waals surface area contributed by atoms with Crippen LogP contribution in [0, 0.1) is 0 Å². The molecule has 0 rings (SSSR count). The molecule has 9 nitrogen and oxygen atoms in total. The molecule has 0 saturated carbocycles. The van der Waals surface area contributed by atoms with E-state index in [-0.39, 0.29) is 32.0 Å². The number of rotatable bonds is 52. The van der Waals surface area contributed by atoms with Crippen molar-refractivity contribution in [2.75, 3.05) is 40.9 Å². The number of likely N-dealkylation sites (N-methyl/N-ethyl adjacent to an activating group) is 1. The lowest BCUT2D eigenvalue weighted by Crippen LogP contribution is -2.47. The molecule has 0 heterocycles. The minimum absolute atomic E-state index is 0.0180. The van der Waals surface area contributed by atoms with Gasteiger partial charge in [-0.05, 0) is 109 Å². The van der Waals surface area contributed by atoms with E-state index in [0.717, 1.165) is 96.3 Å². The van der Waals surface area contributed by atoms with Gasteiger partial charge in [0.15, 0.2) is 0 Å². The van der Waals surface area contributed by atoms with Crippen molar-refractivity contribution in [2.24, 2.45) is 0 Å². The first kappa shape index (κ1) is 71.4. The zero-order chi connectivity index (χ0) is 55.0. The smallest absolute Gasteiger partial charge is 0.456 e. The number of unbranched alkanes of at least 4 members (excludes halogenated alkanes) is 18. The average molecular weight is 1060 g/mol. The van der Waals surface area contributed by atoms with Crippen molar-refractivity contribution in [1.82, 2.24) is 5.32 Å². The number of phosphoric acid groups is 1. The Labute approximate surface area is 461 Å². The summed E-state index contributed by atoms with van der Waals surface area (Å²) < 4.78 is 30.6. The number of ether oxygens (including phenoxy) is 1. The predicted octanol–water partition coefficient (Wildman–Crippen LogP) is 18.3. The predicted molar refractivity (Wildman–Crippen MR) is 323 cm³/mol. The van der Waals surface area contributed by atoms with Crippen LogP contribution in [0.1, 0.15) is 226 Å². The van der Waals surface area contributed by atoms with Gasteiger partial charge in [0.1, 0.15) is 19.3 Å². The van der Waals surface area contributed by atoms with E-state index in [1.807, 2.05) is 45.4 Å². The number of esters is 1. The quantitative estimate of drug-likeness (QED) is 0.0205. The van der Waals surface area contributed by atoms with E-state index in [1.54, 1.807) is 0 Å². The summed E-state index contributed by atoms with van der Waals surface area (Å²) in [5, 5.41) is 3.02. The lowest BCUT2D eigenvalue weighted by molar-refractivity contribution is -0.870. The molecule has 0 saturated heterocycles. The summed E-state index contributed by atoms with van der Waals surface area (Å²) in [6, 6.07) is -0.899. The van der Waals surface area contributed by atoms with Crippen LogP contribution in [0.4, 0.5) is 0 Å². The number of allylic oxidation sites excluding steroid dienone is 19. The molecule has 10 heteroatoms. The Bertz CT molecular complexity index is 1700. The van der Waals surface area contributed by atoms with Crippen LogP contribution in [0.25, 0.3) is 0 Å². The molecule has 3 atom stereocenters. The molecule has 0 bridgehead atoms. The fourth-order valence-corrected chi connectivity index (χ4v) is 8.53. The van der Waals surface area contributed by atoms with Crippen LogP contribution < -0.4 is 5.32 Å². The van der Waals surface area contributed by atoms with Crippen molar-refractivity contribution in [3.63, 3.8) is 0 Å². The van der Waals surface area contributed by atoms with Crippen molar-refractivity contribution < 1.29 is 37.3 Å². The molecule has 2 N–H and O–H groups in total. The molecular formula is C65H112N2O7P+. The number of nitrogens with one attached hydrogen (secondary N) is 1. The van der Waals surface area contributed by atoms with Crippen LogP contribution in [0.15, 0.2) is 122 Å². The number of amides is 1. The van der Waals surface area contributed by atoms with Gasteiger partial charge in [-0.1, -0.05) is 226 Å². The topological polar surface area (TPSA) is 111 Å². The summed E-state index contributed by atoms with van der Waals surface area (Å²) in [4.78, 5) is 37.6. The highest BCUT2D eigenvalue weighted by molar-refractivity contribution is 7.47. The summed E-state index contributed by atoms with van der Waals surface area (Å²) in [6.07, 6.45) is 74.9. The van der Waals surface area contributed by atoms with E-state index in [1.165, 1.54) is 83.5 Å². The van der Waals surface area contributed by atoms with Crippen molar-refractivity contribution in [2.45, 2.75) is 238 Å². The van der Waals surface area contributed by atoms with E-state index < -0.39 is 25.9 Å². The summed E-state index contributed by atoms with van der Waals surface area (Å²) in [7, 11) is 1.42. The maximum atomic E-state index is 13.5. The highest BCUT2D eigenvalue weighted by Crippen LogP contribution is 2.43. The molecule has 3 unspecified atom stereocenters. The third-order valence-electron chi connectivity index (χ3n) is 12.4. The minimum Gasteiger partial charge on any atom is -0.456 e. The maximum Gasteiger partial charge on any atom is 0.472 e. The Kier molecular flexibility index (Phi) is 51.2. The zero-order valence-electron chi connectivity index (χ0n) is 48.7. The van der Waals surface area contributed by atoms with E-state index in [4.69, 9.17) is 13.8 Å². The molecule has 0 aliphatic rings. The van der Waals surface area contributed by atoms with Crippen LogP contribution in [0.2, 0.25) is 0 Å². The Morgan fingerprint density at radius 3 is 1.33 bits per heavy atom. The average Bonchev–Trinajstić information content (AvgIpc) is 3.37. The van der Waals surface area contributed by atoms with Gasteiger partial charge in [0.2, 0.25) is 5.91 Å².